The molecule has 0 saturated carbocycles. The zero-order valence-electron chi connectivity index (χ0n) is 13.9. The lowest BCUT2D eigenvalue weighted by Gasteiger charge is -2.11. The van der Waals surface area contributed by atoms with Gasteiger partial charge in [-0.2, -0.15) is 0 Å². The molecular formula is C21H17NO3S. The SMILES string of the molecule is NC1=C(OSCc2ccccc2)C(=O)C(c2ccc3ccccc3c2)O1. The average molecular weight is 363 g/mol. The third-order valence-electron chi connectivity index (χ3n) is 4.22. The number of hydrogen-bond acceptors (Lipinski definition) is 5. The van der Waals surface area contributed by atoms with Gasteiger partial charge in [-0.25, -0.2) is 0 Å². The molecule has 0 aliphatic carbocycles. The smallest absolute Gasteiger partial charge is 0.249 e. The highest BCUT2D eigenvalue weighted by Crippen LogP contribution is 2.35. The molecule has 1 aliphatic rings. The van der Waals surface area contributed by atoms with Gasteiger partial charge in [-0.3, -0.25) is 4.79 Å². The van der Waals surface area contributed by atoms with Crippen molar-refractivity contribution < 1.29 is 13.7 Å². The van der Waals surface area contributed by atoms with Gasteiger partial charge in [-0.1, -0.05) is 66.7 Å². The quantitative estimate of drug-likeness (QED) is 0.678. The second-order valence-corrected chi connectivity index (χ2v) is 6.68. The Morgan fingerprint density at radius 1 is 0.962 bits per heavy atom. The van der Waals surface area contributed by atoms with Crippen LogP contribution in [0.5, 0.6) is 0 Å². The lowest BCUT2D eigenvalue weighted by molar-refractivity contribution is -0.122. The Morgan fingerprint density at radius 3 is 2.50 bits per heavy atom. The van der Waals surface area contributed by atoms with Gasteiger partial charge >= 0.3 is 0 Å². The van der Waals surface area contributed by atoms with Crippen LogP contribution in [0.25, 0.3) is 10.8 Å². The predicted molar refractivity (Wildman–Crippen MR) is 103 cm³/mol. The van der Waals surface area contributed by atoms with E-state index in [9.17, 15) is 4.79 Å². The molecule has 4 nitrogen and oxygen atoms in total. The highest BCUT2D eigenvalue weighted by atomic mass is 32.2. The highest BCUT2D eigenvalue weighted by molar-refractivity contribution is 7.94. The van der Waals surface area contributed by atoms with Crippen molar-refractivity contribution in [3.63, 3.8) is 0 Å². The molecule has 3 aromatic carbocycles. The Kier molecular flexibility index (Phi) is 4.54. The molecule has 26 heavy (non-hydrogen) atoms. The molecule has 0 bridgehead atoms. The van der Waals surface area contributed by atoms with Crippen LogP contribution in [0.2, 0.25) is 0 Å². The summed E-state index contributed by atoms with van der Waals surface area (Å²) in [5, 5.41) is 2.16. The highest BCUT2D eigenvalue weighted by Gasteiger charge is 2.37. The number of benzene rings is 3. The predicted octanol–water partition coefficient (Wildman–Crippen LogP) is 4.47. The van der Waals surface area contributed by atoms with Crippen LogP contribution < -0.4 is 5.73 Å². The van der Waals surface area contributed by atoms with Crippen molar-refractivity contribution in [2.24, 2.45) is 5.73 Å². The molecule has 4 rings (SSSR count). The van der Waals surface area contributed by atoms with Crippen molar-refractivity contribution in [3.05, 3.63) is 95.6 Å². The van der Waals surface area contributed by atoms with E-state index in [1.54, 1.807) is 0 Å². The summed E-state index contributed by atoms with van der Waals surface area (Å²) in [6, 6.07) is 23.7. The Balaban J connectivity index is 1.46. The normalized spacial score (nSPS) is 16.8. The van der Waals surface area contributed by atoms with E-state index in [1.165, 1.54) is 12.0 Å². The molecule has 1 heterocycles. The first kappa shape index (κ1) is 16.5. The number of Topliss-reactive ketones (excluding diaryl/α,β-unsaturated/α-hetero) is 1. The topological polar surface area (TPSA) is 61.5 Å². The molecule has 130 valence electrons. The van der Waals surface area contributed by atoms with Crippen molar-refractivity contribution in [3.8, 4) is 0 Å². The number of hydrogen-bond donors (Lipinski definition) is 1. The van der Waals surface area contributed by atoms with Gasteiger partial charge in [0.2, 0.25) is 17.4 Å². The Bertz CT molecular complexity index is 985. The molecule has 1 aliphatic heterocycles. The Labute approximate surface area is 155 Å². The van der Waals surface area contributed by atoms with Crippen LogP contribution in [-0.4, -0.2) is 5.78 Å². The summed E-state index contributed by atoms with van der Waals surface area (Å²) in [5.41, 5.74) is 7.76. The summed E-state index contributed by atoms with van der Waals surface area (Å²) >= 11 is 1.17. The van der Waals surface area contributed by atoms with Gasteiger partial charge in [-0.05, 0) is 22.4 Å². The van der Waals surface area contributed by atoms with E-state index in [4.69, 9.17) is 14.7 Å². The molecule has 2 N–H and O–H groups in total. The van der Waals surface area contributed by atoms with Gasteiger partial charge in [0.25, 0.3) is 0 Å². The third-order valence-corrected chi connectivity index (χ3v) is 4.95. The first-order chi connectivity index (χ1) is 12.7. The van der Waals surface area contributed by atoms with Crippen LogP contribution in [0.1, 0.15) is 17.2 Å². The first-order valence-corrected chi connectivity index (χ1v) is 9.16. The number of ether oxygens (including phenoxy) is 1. The second kappa shape index (κ2) is 7.14. The standard InChI is InChI=1S/C21H17NO3S/c22-21-20(25-26-13-14-6-2-1-3-7-14)18(23)19(24-21)17-11-10-15-8-4-5-9-16(15)12-17/h1-12,19H,13,22H2. The molecule has 0 radical (unpaired) electrons. The lowest BCUT2D eigenvalue weighted by atomic mass is 10.0. The number of carbonyl (C=O) groups is 1. The van der Waals surface area contributed by atoms with E-state index in [1.807, 2.05) is 72.8 Å². The van der Waals surface area contributed by atoms with E-state index in [-0.39, 0.29) is 17.4 Å². The molecule has 0 spiro atoms. The van der Waals surface area contributed by atoms with Crippen LogP contribution in [-0.2, 0) is 19.5 Å². The minimum atomic E-state index is -0.757. The number of nitrogens with two attached hydrogens (primary N) is 1. The van der Waals surface area contributed by atoms with Crippen LogP contribution in [0.4, 0.5) is 0 Å². The summed E-state index contributed by atoms with van der Waals surface area (Å²) in [6.07, 6.45) is -0.757. The Morgan fingerprint density at radius 2 is 1.69 bits per heavy atom. The summed E-state index contributed by atoms with van der Waals surface area (Å²) in [7, 11) is 0. The number of carbonyl (C=O) groups excluding carboxylic acids is 1. The summed E-state index contributed by atoms with van der Waals surface area (Å²) in [4.78, 5) is 12.7. The monoisotopic (exact) mass is 363 g/mol. The fourth-order valence-corrected chi connectivity index (χ4v) is 3.55. The molecule has 0 aromatic heterocycles. The molecule has 0 saturated heterocycles. The number of fused-ring (bicyclic) bond motifs is 1. The van der Waals surface area contributed by atoms with Gasteiger partial charge in [0, 0.05) is 5.56 Å². The van der Waals surface area contributed by atoms with E-state index < -0.39 is 6.10 Å². The van der Waals surface area contributed by atoms with Crippen molar-refractivity contribution in [1.29, 1.82) is 0 Å². The van der Waals surface area contributed by atoms with Gasteiger partial charge in [-0.15, -0.1) is 0 Å². The van der Waals surface area contributed by atoms with Crippen LogP contribution in [0, 0.1) is 0 Å². The lowest BCUT2D eigenvalue weighted by Crippen LogP contribution is -2.10. The van der Waals surface area contributed by atoms with Crippen molar-refractivity contribution in [2.45, 2.75) is 11.9 Å². The molecule has 0 amide bonds. The van der Waals surface area contributed by atoms with Crippen LogP contribution in [0.15, 0.2) is 84.4 Å². The van der Waals surface area contributed by atoms with E-state index in [2.05, 4.69) is 0 Å². The third kappa shape index (κ3) is 3.26. The molecule has 1 unspecified atom stereocenters. The van der Waals surface area contributed by atoms with Crippen molar-refractivity contribution in [2.75, 3.05) is 0 Å². The van der Waals surface area contributed by atoms with Gasteiger partial charge in [0.1, 0.15) is 0 Å². The number of ketones is 1. The van der Waals surface area contributed by atoms with Crippen LogP contribution >= 0.6 is 12.0 Å². The zero-order chi connectivity index (χ0) is 17.9. The van der Waals surface area contributed by atoms with Gasteiger partial charge in [0.15, 0.2) is 6.10 Å². The molecule has 0 fully saturated rings. The van der Waals surface area contributed by atoms with Crippen molar-refractivity contribution >= 4 is 28.6 Å². The maximum Gasteiger partial charge on any atom is 0.249 e. The minimum Gasteiger partial charge on any atom is -0.460 e. The average Bonchev–Trinajstić information content (AvgIpc) is 2.97. The summed E-state index contributed by atoms with van der Waals surface area (Å²) in [5.74, 6) is 0.488. The minimum absolute atomic E-state index is 0.0359. The Hall–Kier alpha value is -2.92. The molecule has 3 aromatic rings. The van der Waals surface area contributed by atoms with E-state index in [0.29, 0.717) is 5.75 Å². The van der Waals surface area contributed by atoms with E-state index in [0.717, 1.165) is 21.9 Å². The number of rotatable bonds is 5. The van der Waals surface area contributed by atoms with Crippen molar-refractivity contribution in [1.82, 2.24) is 0 Å². The molecular weight excluding hydrogens is 346 g/mol. The first-order valence-electron chi connectivity index (χ1n) is 8.25. The molecule has 1 atom stereocenters. The largest absolute Gasteiger partial charge is 0.460 e. The zero-order valence-corrected chi connectivity index (χ0v) is 14.7. The summed E-state index contributed by atoms with van der Waals surface area (Å²) in [6.45, 7) is 0. The van der Waals surface area contributed by atoms with Gasteiger partial charge < -0.3 is 14.7 Å². The maximum absolute atomic E-state index is 12.7. The summed E-state index contributed by atoms with van der Waals surface area (Å²) < 4.78 is 11.2. The fourth-order valence-electron chi connectivity index (χ4n) is 2.88. The molecule has 5 heteroatoms. The van der Waals surface area contributed by atoms with Crippen LogP contribution in [0.3, 0.4) is 0 Å². The second-order valence-electron chi connectivity index (χ2n) is 5.99. The maximum atomic E-state index is 12.7. The van der Waals surface area contributed by atoms with E-state index >= 15 is 0 Å². The fraction of sp³-hybridized carbons (Fsp3) is 0.0952. The van der Waals surface area contributed by atoms with Gasteiger partial charge in [0.05, 0.1) is 17.8 Å².